The van der Waals surface area contributed by atoms with Crippen molar-refractivity contribution in [1.29, 1.82) is 0 Å². The van der Waals surface area contributed by atoms with Crippen molar-refractivity contribution in [3.05, 3.63) is 41.5 Å². The number of hydrogen-bond donors (Lipinski definition) is 0. The molecule has 118 valence electrons. The van der Waals surface area contributed by atoms with E-state index in [9.17, 15) is 9.59 Å². The SMILES string of the molecule is CC=C(C)C(=O)OCC=Cc1ccc(OC(C)=O)c(OC)c1. The molecule has 0 aliphatic heterocycles. The summed E-state index contributed by atoms with van der Waals surface area (Å²) in [6.45, 7) is 4.99. The summed E-state index contributed by atoms with van der Waals surface area (Å²) < 4.78 is 15.3. The molecule has 0 heterocycles. The van der Waals surface area contributed by atoms with Gasteiger partial charge >= 0.3 is 11.9 Å². The third-order valence-corrected chi connectivity index (χ3v) is 2.82. The Morgan fingerprint density at radius 2 is 1.91 bits per heavy atom. The van der Waals surface area contributed by atoms with E-state index >= 15 is 0 Å². The third-order valence-electron chi connectivity index (χ3n) is 2.82. The first kappa shape index (κ1) is 17.5. The van der Waals surface area contributed by atoms with E-state index < -0.39 is 5.97 Å². The van der Waals surface area contributed by atoms with Crippen molar-refractivity contribution in [1.82, 2.24) is 0 Å². The van der Waals surface area contributed by atoms with Crippen molar-refractivity contribution in [3.63, 3.8) is 0 Å². The maximum Gasteiger partial charge on any atom is 0.333 e. The summed E-state index contributed by atoms with van der Waals surface area (Å²) in [5.74, 6) is 0.0733. The van der Waals surface area contributed by atoms with E-state index in [4.69, 9.17) is 14.2 Å². The molecule has 0 fully saturated rings. The Morgan fingerprint density at radius 1 is 1.18 bits per heavy atom. The Morgan fingerprint density at radius 3 is 2.50 bits per heavy atom. The van der Waals surface area contributed by atoms with Gasteiger partial charge in [-0.3, -0.25) is 4.79 Å². The normalized spacial score (nSPS) is 11.4. The molecule has 5 heteroatoms. The van der Waals surface area contributed by atoms with Gasteiger partial charge < -0.3 is 14.2 Å². The van der Waals surface area contributed by atoms with Crippen molar-refractivity contribution < 1.29 is 23.8 Å². The monoisotopic (exact) mass is 304 g/mol. The molecule has 1 aromatic carbocycles. The zero-order chi connectivity index (χ0) is 16.5. The van der Waals surface area contributed by atoms with Crippen LogP contribution < -0.4 is 9.47 Å². The highest BCUT2D eigenvalue weighted by Crippen LogP contribution is 2.28. The lowest BCUT2D eigenvalue weighted by Crippen LogP contribution is -2.05. The predicted octanol–water partition coefficient (Wildman–Crippen LogP) is 3.14. The van der Waals surface area contributed by atoms with Crippen LogP contribution in [0, 0.1) is 0 Å². The standard InChI is InChI=1S/C17H20O5/c1-5-12(2)17(19)21-10-6-7-14-8-9-15(22-13(3)18)16(11-14)20-4/h5-9,11H,10H2,1-4H3. The first-order valence-corrected chi connectivity index (χ1v) is 6.81. The fraction of sp³-hybridized carbons (Fsp3) is 0.294. The van der Waals surface area contributed by atoms with E-state index in [1.165, 1.54) is 14.0 Å². The Labute approximate surface area is 130 Å². The molecule has 0 saturated carbocycles. The summed E-state index contributed by atoms with van der Waals surface area (Å²) in [5, 5.41) is 0. The molecule has 0 spiro atoms. The number of allylic oxidation sites excluding steroid dienone is 1. The van der Waals surface area contributed by atoms with E-state index in [1.54, 1.807) is 50.3 Å². The number of hydrogen-bond acceptors (Lipinski definition) is 5. The van der Waals surface area contributed by atoms with Crippen LogP contribution in [0.3, 0.4) is 0 Å². The molecular weight excluding hydrogens is 284 g/mol. The first-order valence-electron chi connectivity index (χ1n) is 6.81. The molecule has 0 N–H and O–H groups in total. The second kappa shape index (κ2) is 8.67. The molecule has 0 aliphatic carbocycles. The van der Waals surface area contributed by atoms with Gasteiger partial charge in [-0.1, -0.05) is 18.2 Å². The largest absolute Gasteiger partial charge is 0.493 e. The first-order chi connectivity index (χ1) is 10.5. The number of carbonyl (C=O) groups excluding carboxylic acids is 2. The summed E-state index contributed by atoms with van der Waals surface area (Å²) in [6, 6.07) is 5.15. The fourth-order valence-corrected chi connectivity index (χ4v) is 1.57. The number of benzene rings is 1. The topological polar surface area (TPSA) is 61.8 Å². The van der Waals surface area contributed by atoms with Crippen molar-refractivity contribution in [2.45, 2.75) is 20.8 Å². The minimum atomic E-state index is -0.409. The molecule has 22 heavy (non-hydrogen) atoms. The number of carbonyl (C=O) groups is 2. The van der Waals surface area contributed by atoms with Gasteiger partial charge in [0.15, 0.2) is 11.5 Å². The lowest BCUT2D eigenvalue weighted by Gasteiger charge is -2.08. The maximum absolute atomic E-state index is 11.4. The molecule has 1 rings (SSSR count). The number of rotatable bonds is 6. The molecule has 0 saturated heterocycles. The van der Waals surface area contributed by atoms with Crippen LogP contribution >= 0.6 is 0 Å². The fourth-order valence-electron chi connectivity index (χ4n) is 1.57. The average molecular weight is 304 g/mol. The van der Waals surface area contributed by atoms with Gasteiger partial charge in [-0.15, -0.1) is 0 Å². The van der Waals surface area contributed by atoms with Gasteiger partial charge in [0.05, 0.1) is 7.11 Å². The molecule has 0 radical (unpaired) electrons. The van der Waals surface area contributed by atoms with Crippen LogP contribution in [0.1, 0.15) is 26.3 Å². The summed E-state index contributed by atoms with van der Waals surface area (Å²) in [6.07, 6.45) is 5.21. The zero-order valence-corrected chi connectivity index (χ0v) is 13.2. The highest BCUT2D eigenvalue weighted by molar-refractivity contribution is 5.87. The van der Waals surface area contributed by atoms with Gasteiger partial charge in [0.1, 0.15) is 6.61 Å². The molecule has 0 aromatic heterocycles. The van der Waals surface area contributed by atoms with Crippen LogP contribution in [0.15, 0.2) is 35.9 Å². The Bertz CT molecular complexity index is 599. The second-order valence-corrected chi connectivity index (χ2v) is 4.48. The van der Waals surface area contributed by atoms with Crippen LogP contribution in [0.2, 0.25) is 0 Å². The van der Waals surface area contributed by atoms with E-state index in [0.29, 0.717) is 17.1 Å². The molecule has 0 atom stereocenters. The van der Waals surface area contributed by atoms with Gasteiger partial charge in [-0.2, -0.15) is 0 Å². The molecule has 0 amide bonds. The zero-order valence-electron chi connectivity index (χ0n) is 13.2. The molecule has 1 aromatic rings. The summed E-state index contributed by atoms with van der Waals surface area (Å²) in [7, 11) is 1.50. The number of esters is 2. The molecule has 0 bridgehead atoms. The second-order valence-electron chi connectivity index (χ2n) is 4.48. The molecule has 0 unspecified atom stereocenters. The Balaban J connectivity index is 2.68. The highest BCUT2D eigenvalue weighted by atomic mass is 16.6. The maximum atomic E-state index is 11.4. The van der Waals surface area contributed by atoms with Crippen LogP contribution in [-0.2, 0) is 14.3 Å². The highest BCUT2D eigenvalue weighted by Gasteiger charge is 2.07. The van der Waals surface area contributed by atoms with Gasteiger partial charge in [0.25, 0.3) is 0 Å². The van der Waals surface area contributed by atoms with E-state index in [0.717, 1.165) is 5.56 Å². The predicted molar refractivity (Wildman–Crippen MR) is 83.7 cm³/mol. The smallest absolute Gasteiger partial charge is 0.333 e. The Hall–Kier alpha value is -2.56. The lowest BCUT2D eigenvalue weighted by molar-refractivity contribution is -0.137. The van der Waals surface area contributed by atoms with Crippen molar-refractivity contribution in [2.24, 2.45) is 0 Å². The average Bonchev–Trinajstić information content (AvgIpc) is 2.51. The van der Waals surface area contributed by atoms with E-state index in [-0.39, 0.29) is 12.6 Å². The Kier molecular flexibility index (Phi) is 6.89. The number of methoxy groups -OCH3 is 1. The quantitative estimate of drug-likeness (QED) is 0.459. The van der Waals surface area contributed by atoms with Gasteiger partial charge in [0.2, 0.25) is 0 Å². The van der Waals surface area contributed by atoms with Crippen LogP contribution in [0.25, 0.3) is 6.08 Å². The third kappa shape index (κ3) is 5.44. The van der Waals surface area contributed by atoms with Crippen molar-refractivity contribution in [3.8, 4) is 11.5 Å². The lowest BCUT2D eigenvalue weighted by atomic mass is 10.2. The van der Waals surface area contributed by atoms with Crippen LogP contribution in [0.4, 0.5) is 0 Å². The minimum absolute atomic E-state index is 0.179. The molecular formula is C17H20O5. The summed E-state index contributed by atoms with van der Waals surface area (Å²) in [4.78, 5) is 22.4. The summed E-state index contributed by atoms with van der Waals surface area (Å²) >= 11 is 0. The minimum Gasteiger partial charge on any atom is -0.493 e. The van der Waals surface area contributed by atoms with Crippen LogP contribution in [-0.4, -0.2) is 25.7 Å². The molecule has 0 aliphatic rings. The van der Waals surface area contributed by atoms with Crippen molar-refractivity contribution >= 4 is 18.0 Å². The van der Waals surface area contributed by atoms with Crippen LogP contribution in [0.5, 0.6) is 11.5 Å². The number of ether oxygens (including phenoxy) is 3. The van der Waals surface area contributed by atoms with Gasteiger partial charge in [-0.25, -0.2) is 4.79 Å². The summed E-state index contributed by atoms with van der Waals surface area (Å²) in [5.41, 5.74) is 1.41. The van der Waals surface area contributed by atoms with Crippen molar-refractivity contribution in [2.75, 3.05) is 13.7 Å². The van der Waals surface area contributed by atoms with E-state index in [2.05, 4.69) is 0 Å². The van der Waals surface area contributed by atoms with Gasteiger partial charge in [-0.05, 0) is 37.6 Å². The van der Waals surface area contributed by atoms with Gasteiger partial charge in [0, 0.05) is 12.5 Å². The molecule has 5 nitrogen and oxygen atoms in total. The van der Waals surface area contributed by atoms with E-state index in [1.807, 2.05) is 0 Å².